The van der Waals surface area contributed by atoms with Crippen LogP contribution < -0.4 is 0 Å². The van der Waals surface area contributed by atoms with Crippen LogP contribution in [0, 0.1) is 5.92 Å². The molecule has 10 heteroatoms. The Morgan fingerprint density at radius 1 is 1.03 bits per heavy atom. The van der Waals surface area contributed by atoms with Gasteiger partial charge in [0.2, 0.25) is 0 Å². The Kier molecular flexibility index (Phi) is 9.62. The Bertz CT molecular complexity index is 960. The Labute approximate surface area is 210 Å². The average Bonchev–Trinajstić information content (AvgIpc) is 3.05. The summed E-state index contributed by atoms with van der Waals surface area (Å²) in [5.41, 5.74) is -0.696. The van der Waals surface area contributed by atoms with Crippen LogP contribution in [0.3, 0.4) is 0 Å². The Hall–Kier alpha value is -2.98. The predicted octanol–water partition coefficient (Wildman–Crippen LogP) is 2.07. The molecule has 36 heavy (non-hydrogen) atoms. The average molecular weight is 509 g/mol. The number of fused-ring (bicyclic) bond motifs is 1. The molecule has 2 aliphatic rings. The number of rotatable bonds is 3. The third kappa shape index (κ3) is 7.04. The number of hydrogen-bond acceptors (Lipinski definition) is 10. The minimum Gasteiger partial charge on any atom is -0.461 e. The third-order valence-electron chi connectivity index (χ3n) is 6.52. The molecule has 0 radical (unpaired) electrons. The van der Waals surface area contributed by atoms with Crippen molar-refractivity contribution in [1.29, 1.82) is 0 Å². The van der Waals surface area contributed by atoms with Gasteiger partial charge in [-0.2, -0.15) is 0 Å². The molecular formula is C26H36O10. The molecule has 0 bridgehead atoms. The molecule has 1 saturated heterocycles. The smallest absolute Gasteiger partial charge is 0.334 e. The summed E-state index contributed by atoms with van der Waals surface area (Å²) in [6.07, 6.45) is -1.97. The van der Waals surface area contributed by atoms with Gasteiger partial charge in [0.1, 0.15) is 36.1 Å². The summed E-state index contributed by atoms with van der Waals surface area (Å²) in [6, 6.07) is 0. The summed E-state index contributed by atoms with van der Waals surface area (Å²) < 4.78 is 21.7. The molecule has 0 saturated carbocycles. The lowest BCUT2D eigenvalue weighted by atomic mass is 9.78. The van der Waals surface area contributed by atoms with Crippen molar-refractivity contribution in [3.63, 3.8) is 0 Å². The lowest BCUT2D eigenvalue weighted by Gasteiger charge is -2.40. The van der Waals surface area contributed by atoms with Crippen molar-refractivity contribution < 1.29 is 48.3 Å². The molecule has 1 heterocycles. The molecular weight excluding hydrogens is 472 g/mol. The van der Waals surface area contributed by atoms with E-state index >= 15 is 0 Å². The lowest BCUT2D eigenvalue weighted by molar-refractivity contribution is -0.199. The maximum Gasteiger partial charge on any atom is 0.334 e. The Morgan fingerprint density at radius 2 is 1.61 bits per heavy atom. The molecule has 2 rings (SSSR count). The van der Waals surface area contributed by atoms with Crippen molar-refractivity contribution in [1.82, 2.24) is 0 Å². The maximum atomic E-state index is 12.5. The first kappa shape index (κ1) is 29.3. The van der Waals surface area contributed by atoms with Crippen LogP contribution >= 0.6 is 0 Å². The Balaban J connectivity index is 2.65. The van der Waals surface area contributed by atoms with Gasteiger partial charge >= 0.3 is 23.9 Å². The number of aliphatic hydroxyl groups excluding tert-OH is 1. The van der Waals surface area contributed by atoms with E-state index in [0.717, 1.165) is 12.5 Å². The van der Waals surface area contributed by atoms with Gasteiger partial charge in [0, 0.05) is 45.6 Å². The van der Waals surface area contributed by atoms with Crippen LogP contribution in [0.5, 0.6) is 0 Å². The van der Waals surface area contributed by atoms with Crippen LogP contribution in [0.15, 0.2) is 35.5 Å². The highest BCUT2D eigenvalue weighted by Crippen LogP contribution is 2.39. The van der Waals surface area contributed by atoms with Crippen molar-refractivity contribution in [2.45, 2.75) is 96.9 Å². The summed E-state index contributed by atoms with van der Waals surface area (Å²) in [4.78, 5) is 48.0. The highest BCUT2D eigenvalue weighted by molar-refractivity contribution is 5.91. The molecule has 0 aromatic rings. The number of aliphatic hydroxyl groups is 2. The van der Waals surface area contributed by atoms with Crippen LogP contribution in [-0.2, 0) is 38.1 Å². The molecule has 1 fully saturated rings. The van der Waals surface area contributed by atoms with Gasteiger partial charge in [-0.05, 0) is 26.3 Å². The van der Waals surface area contributed by atoms with Gasteiger partial charge in [0.05, 0.1) is 5.92 Å². The summed E-state index contributed by atoms with van der Waals surface area (Å²) in [7, 11) is 0. The fourth-order valence-corrected chi connectivity index (χ4v) is 4.55. The fourth-order valence-electron chi connectivity index (χ4n) is 4.55. The summed E-state index contributed by atoms with van der Waals surface area (Å²) in [6.45, 7) is 12.2. The highest BCUT2D eigenvalue weighted by Gasteiger charge is 2.55. The van der Waals surface area contributed by atoms with E-state index in [2.05, 4.69) is 6.58 Å². The summed E-state index contributed by atoms with van der Waals surface area (Å²) in [5.74, 6) is -3.57. The molecule has 1 aliphatic heterocycles. The first-order chi connectivity index (χ1) is 16.6. The first-order valence-corrected chi connectivity index (χ1v) is 11.8. The van der Waals surface area contributed by atoms with E-state index in [1.54, 1.807) is 19.9 Å². The summed E-state index contributed by atoms with van der Waals surface area (Å²) >= 11 is 0. The lowest BCUT2D eigenvalue weighted by Crippen LogP contribution is -2.58. The second-order valence-corrected chi connectivity index (χ2v) is 9.61. The van der Waals surface area contributed by atoms with E-state index in [0.29, 0.717) is 12.0 Å². The number of carbonyl (C=O) groups is 4. The van der Waals surface area contributed by atoms with Crippen LogP contribution in [0.1, 0.15) is 60.8 Å². The molecule has 2 N–H and O–H groups in total. The molecule has 0 aromatic carbocycles. The standard InChI is InChI=1S/C26H36O10/c1-13-8-10-19(33-16(4)27)14(2)9-11-21(35-18(6)29)26(7,32)24(30)23-22(15(3)25(31)36-23)20(12-13)34-17(5)28/h8-9,19-24,30,32H,3,10-12H2,1-2,4-7H3/b13-8+,14-9+/t19-,20?,21+,22+,23-,24-,26-/m0/s1. The van der Waals surface area contributed by atoms with Crippen molar-refractivity contribution in [3.05, 3.63) is 35.5 Å². The van der Waals surface area contributed by atoms with E-state index in [1.807, 2.05) is 6.08 Å². The molecule has 0 aromatic heterocycles. The monoisotopic (exact) mass is 508 g/mol. The molecule has 10 nitrogen and oxygen atoms in total. The molecule has 0 spiro atoms. The molecule has 1 unspecified atom stereocenters. The molecule has 200 valence electrons. The molecule has 0 amide bonds. The van der Waals surface area contributed by atoms with E-state index < -0.39 is 65.9 Å². The zero-order valence-electron chi connectivity index (χ0n) is 21.6. The number of hydrogen-bond donors (Lipinski definition) is 2. The second-order valence-electron chi connectivity index (χ2n) is 9.61. The van der Waals surface area contributed by atoms with Gasteiger partial charge in [-0.3, -0.25) is 14.4 Å². The highest BCUT2D eigenvalue weighted by atomic mass is 16.6. The fraction of sp³-hybridized carbons (Fsp3) is 0.615. The molecule has 7 atom stereocenters. The zero-order chi connectivity index (χ0) is 27.4. The quantitative estimate of drug-likeness (QED) is 0.251. The van der Waals surface area contributed by atoms with Crippen molar-refractivity contribution in [2.24, 2.45) is 5.92 Å². The first-order valence-electron chi connectivity index (χ1n) is 11.8. The number of esters is 4. The van der Waals surface area contributed by atoms with Crippen LogP contribution in [0.4, 0.5) is 0 Å². The maximum absolute atomic E-state index is 12.5. The largest absolute Gasteiger partial charge is 0.461 e. The minimum absolute atomic E-state index is 0.0152. The third-order valence-corrected chi connectivity index (χ3v) is 6.52. The zero-order valence-corrected chi connectivity index (χ0v) is 21.6. The van der Waals surface area contributed by atoms with E-state index in [1.165, 1.54) is 20.8 Å². The minimum atomic E-state index is -2.09. The van der Waals surface area contributed by atoms with Gasteiger partial charge in [0.15, 0.2) is 0 Å². The molecule has 1 aliphatic carbocycles. The number of ether oxygens (including phenoxy) is 4. The van der Waals surface area contributed by atoms with Crippen molar-refractivity contribution in [2.75, 3.05) is 0 Å². The summed E-state index contributed by atoms with van der Waals surface area (Å²) in [5, 5.41) is 22.7. The van der Waals surface area contributed by atoms with Crippen LogP contribution in [0.25, 0.3) is 0 Å². The topological polar surface area (TPSA) is 146 Å². The van der Waals surface area contributed by atoms with Gasteiger partial charge < -0.3 is 29.2 Å². The predicted molar refractivity (Wildman–Crippen MR) is 127 cm³/mol. The SMILES string of the molecule is C=C1C(=O)O[C@H]2[C@H]1C(OC(C)=O)C/C(C)=C/C[C@H](OC(C)=O)/C(C)=C/C[C@@H](OC(C)=O)[C@](C)(O)[C@H]2O. The van der Waals surface area contributed by atoms with Gasteiger partial charge in [-0.25, -0.2) is 4.79 Å². The normalized spacial score (nSPS) is 36.7. The van der Waals surface area contributed by atoms with Crippen LogP contribution in [0.2, 0.25) is 0 Å². The number of carbonyl (C=O) groups excluding carboxylic acids is 4. The second kappa shape index (κ2) is 11.8. The van der Waals surface area contributed by atoms with Crippen molar-refractivity contribution in [3.8, 4) is 0 Å². The van der Waals surface area contributed by atoms with Crippen LogP contribution in [-0.4, -0.2) is 70.2 Å². The van der Waals surface area contributed by atoms with E-state index in [-0.39, 0.29) is 18.4 Å². The Morgan fingerprint density at radius 3 is 2.17 bits per heavy atom. The van der Waals surface area contributed by atoms with Gasteiger partial charge in [-0.15, -0.1) is 0 Å². The van der Waals surface area contributed by atoms with Gasteiger partial charge in [0.25, 0.3) is 0 Å². The van der Waals surface area contributed by atoms with E-state index in [4.69, 9.17) is 18.9 Å². The van der Waals surface area contributed by atoms with Crippen molar-refractivity contribution >= 4 is 23.9 Å². The van der Waals surface area contributed by atoms with E-state index in [9.17, 15) is 29.4 Å². The van der Waals surface area contributed by atoms with Gasteiger partial charge in [-0.1, -0.05) is 24.3 Å².